The van der Waals surface area contributed by atoms with Crippen molar-refractivity contribution >= 4 is 29.9 Å². The van der Waals surface area contributed by atoms with Gasteiger partial charge in [0.15, 0.2) is 5.96 Å². The van der Waals surface area contributed by atoms with Crippen LogP contribution in [0.15, 0.2) is 23.2 Å². The molecule has 1 heterocycles. The maximum atomic E-state index is 5.44. The Labute approximate surface area is 174 Å². The highest BCUT2D eigenvalue weighted by Gasteiger charge is 2.15. The van der Waals surface area contributed by atoms with E-state index >= 15 is 0 Å². The Bertz CT molecular complexity index is 560. The molecule has 0 bridgehead atoms. The highest BCUT2D eigenvalue weighted by Crippen LogP contribution is 2.24. The van der Waals surface area contributed by atoms with Gasteiger partial charge < -0.3 is 25.0 Å². The van der Waals surface area contributed by atoms with E-state index in [0.29, 0.717) is 6.54 Å². The summed E-state index contributed by atoms with van der Waals surface area (Å²) >= 11 is 0. The number of methoxy groups -OCH3 is 2. The topological polar surface area (TPSA) is 58.1 Å². The van der Waals surface area contributed by atoms with E-state index < -0.39 is 0 Å². The van der Waals surface area contributed by atoms with Gasteiger partial charge in [0.2, 0.25) is 0 Å². The van der Waals surface area contributed by atoms with Crippen LogP contribution in [0.1, 0.15) is 25.3 Å². The predicted molar refractivity (Wildman–Crippen MR) is 118 cm³/mol. The van der Waals surface area contributed by atoms with Crippen LogP contribution in [0.3, 0.4) is 0 Å². The molecule has 1 saturated heterocycles. The molecule has 1 aromatic rings. The molecule has 7 heteroatoms. The molecule has 0 spiro atoms. The monoisotopic (exact) mass is 476 g/mol. The van der Waals surface area contributed by atoms with Crippen molar-refractivity contribution in [2.75, 3.05) is 47.4 Å². The summed E-state index contributed by atoms with van der Waals surface area (Å²) in [5.41, 5.74) is 1.07. The van der Waals surface area contributed by atoms with Crippen molar-refractivity contribution in [1.29, 1.82) is 0 Å². The van der Waals surface area contributed by atoms with Crippen molar-refractivity contribution in [2.45, 2.75) is 26.3 Å². The molecule has 1 aromatic carbocycles. The number of guanidine groups is 1. The van der Waals surface area contributed by atoms with Crippen molar-refractivity contribution in [2.24, 2.45) is 10.9 Å². The number of aliphatic imine (C=N–C) groups is 1. The lowest BCUT2D eigenvalue weighted by Crippen LogP contribution is -2.43. The maximum Gasteiger partial charge on any atom is 0.191 e. The van der Waals surface area contributed by atoms with Crippen molar-refractivity contribution in [1.82, 2.24) is 15.5 Å². The van der Waals surface area contributed by atoms with E-state index in [1.54, 1.807) is 21.3 Å². The van der Waals surface area contributed by atoms with Gasteiger partial charge in [0.1, 0.15) is 11.5 Å². The van der Waals surface area contributed by atoms with Gasteiger partial charge in [-0.25, -0.2) is 0 Å². The number of hydrogen-bond acceptors (Lipinski definition) is 4. The van der Waals surface area contributed by atoms with Gasteiger partial charge in [-0.15, -0.1) is 24.0 Å². The average Bonchev–Trinajstić information content (AvgIpc) is 2.65. The highest BCUT2D eigenvalue weighted by molar-refractivity contribution is 14.0. The van der Waals surface area contributed by atoms with E-state index in [4.69, 9.17) is 9.47 Å². The number of nitrogens with zero attached hydrogens (tertiary/aromatic N) is 2. The summed E-state index contributed by atoms with van der Waals surface area (Å²) in [4.78, 5) is 6.82. The molecule has 0 saturated carbocycles. The first kappa shape index (κ1) is 22.8. The zero-order valence-corrected chi connectivity index (χ0v) is 18.7. The SMILES string of the molecule is CN=C(NCCN1CCC(C)CC1)NCc1ccc(OC)cc1OC.I. The van der Waals surface area contributed by atoms with Crippen molar-refractivity contribution in [3.63, 3.8) is 0 Å². The number of benzene rings is 1. The standard InChI is InChI=1S/C19H32N4O2.HI/c1-15-7-10-23(11-8-15)12-9-21-19(20-2)22-14-16-5-6-17(24-3)13-18(16)25-4;/h5-6,13,15H,7-12,14H2,1-4H3,(H2,20,21,22);1H. The Hall–Kier alpha value is -1.22. The normalized spacial score (nSPS) is 15.9. The fourth-order valence-corrected chi connectivity index (χ4v) is 3.02. The van der Waals surface area contributed by atoms with Gasteiger partial charge in [0.25, 0.3) is 0 Å². The van der Waals surface area contributed by atoms with E-state index in [9.17, 15) is 0 Å². The molecular formula is C19H33IN4O2. The van der Waals surface area contributed by atoms with Gasteiger partial charge in [0, 0.05) is 38.3 Å². The van der Waals surface area contributed by atoms with Crippen LogP contribution in [0.2, 0.25) is 0 Å². The summed E-state index contributed by atoms with van der Waals surface area (Å²) in [6.07, 6.45) is 2.62. The minimum Gasteiger partial charge on any atom is -0.497 e. The molecule has 0 aliphatic carbocycles. The number of ether oxygens (including phenoxy) is 2. The first-order valence-electron chi connectivity index (χ1n) is 9.04. The second-order valence-electron chi connectivity index (χ2n) is 6.55. The van der Waals surface area contributed by atoms with E-state index in [1.165, 1.54) is 25.9 Å². The van der Waals surface area contributed by atoms with E-state index in [1.807, 2.05) is 18.2 Å². The van der Waals surface area contributed by atoms with Crippen LogP contribution in [0.5, 0.6) is 11.5 Å². The second-order valence-corrected chi connectivity index (χ2v) is 6.55. The van der Waals surface area contributed by atoms with Crippen LogP contribution >= 0.6 is 24.0 Å². The lowest BCUT2D eigenvalue weighted by molar-refractivity contribution is 0.195. The van der Waals surface area contributed by atoms with Crippen LogP contribution in [0.25, 0.3) is 0 Å². The van der Waals surface area contributed by atoms with Crippen molar-refractivity contribution in [3.05, 3.63) is 23.8 Å². The molecule has 1 fully saturated rings. The molecule has 0 unspecified atom stereocenters. The Kier molecular flexibility index (Phi) is 10.7. The molecule has 0 aromatic heterocycles. The van der Waals surface area contributed by atoms with Crippen LogP contribution < -0.4 is 20.1 Å². The third kappa shape index (κ3) is 7.19. The quantitative estimate of drug-likeness (QED) is 0.360. The lowest BCUT2D eigenvalue weighted by Gasteiger charge is -2.30. The molecule has 0 atom stereocenters. The van der Waals surface area contributed by atoms with E-state index in [0.717, 1.165) is 42.0 Å². The maximum absolute atomic E-state index is 5.44. The zero-order chi connectivity index (χ0) is 18.1. The number of piperidine rings is 1. The minimum atomic E-state index is 0. The van der Waals surface area contributed by atoms with E-state index in [2.05, 4.69) is 27.4 Å². The molecule has 0 radical (unpaired) electrons. The average molecular weight is 476 g/mol. The molecular weight excluding hydrogens is 443 g/mol. The van der Waals surface area contributed by atoms with Crippen LogP contribution in [-0.2, 0) is 6.54 Å². The number of rotatable bonds is 7. The van der Waals surface area contributed by atoms with Gasteiger partial charge in [-0.1, -0.05) is 6.92 Å². The molecule has 148 valence electrons. The smallest absolute Gasteiger partial charge is 0.191 e. The fourth-order valence-electron chi connectivity index (χ4n) is 3.02. The van der Waals surface area contributed by atoms with E-state index in [-0.39, 0.29) is 24.0 Å². The summed E-state index contributed by atoms with van der Waals surface area (Å²) in [6, 6.07) is 5.84. The molecule has 1 aliphatic heterocycles. The predicted octanol–water partition coefficient (Wildman–Crippen LogP) is 2.72. The lowest BCUT2D eigenvalue weighted by atomic mass is 9.99. The largest absolute Gasteiger partial charge is 0.497 e. The number of hydrogen-bond donors (Lipinski definition) is 2. The van der Waals surface area contributed by atoms with Gasteiger partial charge in [-0.3, -0.25) is 4.99 Å². The number of likely N-dealkylation sites (tertiary alicyclic amines) is 1. The Morgan fingerprint density at radius 1 is 1.19 bits per heavy atom. The molecule has 2 rings (SSSR count). The third-order valence-corrected chi connectivity index (χ3v) is 4.76. The first-order valence-corrected chi connectivity index (χ1v) is 9.04. The van der Waals surface area contributed by atoms with Gasteiger partial charge in [-0.2, -0.15) is 0 Å². The summed E-state index contributed by atoms with van der Waals surface area (Å²) in [5.74, 6) is 3.28. The summed E-state index contributed by atoms with van der Waals surface area (Å²) < 4.78 is 10.7. The second kappa shape index (κ2) is 12.2. The zero-order valence-electron chi connectivity index (χ0n) is 16.4. The van der Waals surface area contributed by atoms with Crippen molar-refractivity contribution in [3.8, 4) is 11.5 Å². The number of nitrogens with one attached hydrogen (secondary N) is 2. The Balaban J connectivity index is 0.00000338. The molecule has 2 N–H and O–H groups in total. The molecule has 26 heavy (non-hydrogen) atoms. The minimum absolute atomic E-state index is 0. The van der Waals surface area contributed by atoms with Crippen LogP contribution in [0.4, 0.5) is 0 Å². The van der Waals surface area contributed by atoms with Gasteiger partial charge in [-0.05, 0) is 44.0 Å². The highest BCUT2D eigenvalue weighted by atomic mass is 127. The van der Waals surface area contributed by atoms with Gasteiger partial charge in [0.05, 0.1) is 14.2 Å². The molecule has 6 nitrogen and oxygen atoms in total. The molecule has 1 aliphatic rings. The first-order chi connectivity index (χ1) is 12.2. The summed E-state index contributed by atoms with van der Waals surface area (Å²) in [5, 5.41) is 6.73. The third-order valence-electron chi connectivity index (χ3n) is 4.76. The fraction of sp³-hybridized carbons (Fsp3) is 0.632. The van der Waals surface area contributed by atoms with Crippen LogP contribution in [0, 0.1) is 5.92 Å². The van der Waals surface area contributed by atoms with Gasteiger partial charge >= 0.3 is 0 Å². The molecule has 0 amide bonds. The summed E-state index contributed by atoms with van der Waals surface area (Å²) in [7, 11) is 5.12. The summed E-state index contributed by atoms with van der Waals surface area (Å²) in [6.45, 7) is 7.35. The van der Waals surface area contributed by atoms with Crippen LogP contribution in [-0.4, -0.2) is 58.3 Å². The number of halogens is 1. The Morgan fingerprint density at radius 2 is 1.92 bits per heavy atom. The van der Waals surface area contributed by atoms with Crippen molar-refractivity contribution < 1.29 is 9.47 Å². The Morgan fingerprint density at radius 3 is 2.54 bits per heavy atom.